The van der Waals surface area contributed by atoms with Gasteiger partial charge in [-0.2, -0.15) is 10.4 Å². The first kappa shape index (κ1) is 17.0. The van der Waals surface area contributed by atoms with Crippen molar-refractivity contribution in [1.82, 2.24) is 14.7 Å². The summed E-state index contributed by atoms with van der Waals surface area (Å²) in [7, 11) is 0. The molecule has 1 amide bonds. The van der Waals surface area contributed by atoms with E-state index in [1.807, 2.05) is 28.9 Å². The Labute approximate surface area is 147 Å². The minimum atomic E-state index is -0.613. The quantitative estimate of drug-likeness (QED) is 0.859. The van der Waals surface area contributed by atoms with E-state index in [0.29, 0.717) is 30.4 Å². The Balaban J connectivity index is 1.58. The Kier molecular flexibility index (Phi) is 5.03. The van der Waals surface area contributed by atoms with Crippen LogP contribution in [0.4, 0.5) is 0 Å². The zero-order valence-electron chi connectivity index (χ0n) is 14.6. The molecule has 1 saturated heterocycles. The van der Waals surface area contributed by atoms with Gasteiger partial charge >= 0.3 is 0 Å². The van der Waals surface area contributed by atoms with E-state index in [0.717, 1.165) is 18.4 Å². The minimum absolute atomic E-state index is 0.0390. The second-order valence-corrected chi connectivity index (χ2v) is 6.42. The summed E-state index contributed by atoms with van der Waals surface area (Å²) in [5.74, 6) is 0.413. The van der Waals surface area contributed by atoms with Gasteiger partial charge in [0.25, 0.3) is 5.91 Å². The van der Waals surface area contributed by atoms with Gasteiger partial charge in [-0.15, -0.1) is 0 Å². The number of carbonyl (C=O) groups excluding carboxylic acids is 1. The number of carbonyl (C=O) groups is 1. The summed E-state index contributed by atoms with van der Waals surface area (Å²) in [4.78, 5) is 14.5. The van der Waals surface area contributed by atoms with Gasteiger partial charge in [0.05, 0.1) is 17.8 Å². The molecule has 2 aromatic rings. The summed E-state index contributed by atoms with van der Waals surface area (Å²) in [6.07, 6.45) is 5.06. The molecule has 1 aromatic heterocycles. The van der Waals surface area contributed by atoms with Crippen LogP contribution >= 0.6 is 0 Å². The number of nitriles is 1. The largest absolute Gasteiger partial charge is 0.480 e. The molecule has 25 heavy (non-hydrogen) atoms. The lowest BCUT2D eigenvalue weighted by Crippen LogP contribution is -2.45. The Hall–Kier alpha value is -2.81. The fraction of sp³-hybridized carbons (Fsp3) is 0.421. The monoisotopic (exact) mass is 338 g/mol. The summed E-state index contributed by atoms with van der Waals surface area (Å²) in [5.41, 5.74) is 1.59. The summed E-state index contributed by atoms with van der Waals surface area (Å²) >= 11 is 0. The molecule has 1 atom stereocenters. The summed E-state index contributed by atoms with van der Waals surface area (Å²) in [6, 6.07) is 9.40. The zero-order chi connectivity index (χ0) is 17.8. The highest BCUT2D eigenvalue weighted by atomic mass is 16.5. The first-order valence-corrected chi connectivity index (χ1v) is 8.54. The van der Waals surface area contributed by atoms with E-state index in [-0.39, 0.29) is 5.91 Å². The second kappa shape index (κ2) is 7.39. The lowest BCUT2D eigenvalue weighted by Gasteiger charge is -2.33. The van der Waals surface area contributed by atoms with Crippen molar-refractivity contribution in [2.45, 2.75) is 38.8 Å². The van der Waals surface area contributed by atoms with Crippen molar-refractivity contribution in [3.63, 3.8) is 0 Å². The molecule has 130 valence electrons. The molecule has 1 fully saturated rings. The minimum Gasteiger partial charge on any atom is -0.480 e. The number of ether oxygens (including phenoxy) is 1. The molecule has 6 nitrogen and oxygen atoms in total. The number of nitrogens with zero attached hydrogens (tertiary/aromatic N) is 4. The molecule has 2 heterocycles. The van der Waals surface area contributed by atoms with Gasteiger partial charge in [-0.05, 0) is 44.4 Å². The van der Waals surface area contributed by atoms with E-state index in [4.69, 9.17) is 10.00 Å². The van der Waals surface area contributed by atoms with Crippen molar-refractivity contribution in [3.05, 3.63) is 47.8 Å². The first-order valence-electron chi connectivity index (χ1n) is 8.54. The van der Waals surface area contributed by atoms with Crippen LogP contribution < -0.4 is 4.74 Å². The smallest absolute Gasteiger partial charge is 0.263 e. The third kappa shape index (κ3) is 3.82. The molecule has 0 N–H and O–H groups in total. The van der Waals surface area contributed by atoms with Gasteiger partial charge in [-0.3, -0.25) is 9.48 Å². The molecule has 1 aliphatic rings. The van der Waals surface area contributed by atoms with Gasteiger partial charge in [0.15, 0.2) is 6.10 Å². The van der Waals surface area contributed by atoms with Crippen LogP contribution in [0.5, 0.6) is 5.75 Å². The van der Waals surface area contributed by atoms with E-state index in [2.05, 4.69) is 11.2 Å². The van der Waals surface area contributed by atoms with Crippen LogP contribution in [-0.4, -0.2) is 39.8 Å². The van der Waals surface area contributed by atoms with E-state index < -0.39 is 6.10 Å². The van der Waals surface area contributed by atoms with E-state index in [1.165, 1.54) is 0 Å². The van der Waals surface area contributed by atoms with Crippen LogP contribution in [0.1, 0.15) is 36.9 Å². The Bertz CT molecular complexity index is 785. The summed E-state index contributed by atoms with van der Waals surface area (Å²) < 4.78 is 7.74. The fourth-order valence-electron chi connectivity index (χ4n) is 3.14. The third-order valence-corrected chi connectivity index (χ3v) is 4.54. The highest BCUT2D eigenvalue weighted by molar-refractivity contribution is 5.81. The molecule has 0 radical (unpaired) electrons. The third-order valence-electron chi connectivity index (χ3n) is 4.54. The van der Waals surface area contributed by atoms with Crippen LogP contribution in [0.25, 0.3) is 0 Å². The number of rotatable bonds is 4. The van der Waals surface area contributed by atoms with Gasteiger partial charge in [0.2, 0.25) is 0 Å². The van der Waals surface area contributed by atoms with Gasteiger partial charge < -0.3 is 9.64 Å². The van der Waals surface area contributed by atoms with Crippen molar-refractivity contribution in [2.24, 2.45) is 0 Å². The topological polar surface area (TPSA) is 71.2 Å². The maximum absolute atomic E-state index is 12.6. The van der Waals surface area contributed by atoms with E-state index in [1.54, 1.807) is 31.2 Å². The van der Waals surface area contributed by atoms with Gasteiger partial charge in [0, 0.05) is 19.3 Å². The van der Waals surface area contributed by atoms with Crippen molar-refractivity contribution < 1.29 is 9.53 Å². The molecule has 6 heteroatoms. The number of piperidine rings is 1. The Morgan fingerprint density at radius 2 is 2.08 bits per heavy atom. The number of aryl methyl sites for hydroxylation is 1. The predicted octanol–water partition coefficient (Wildman–Crippen LogP) is 2.69. The molecular formula is C19H22N4O2. The van der Waals surface area contributed by atoms with Crippen molar-refractivity contribution in [2.75, 3.05) is 13.1 Å². The molecule has 1 aromatic carbocycles. The normalized spacial score (nSPS) is 16.3. The average Bonchev–Trinajstić information content (AvgIpc) is 3.08. The number of likely N-dealkylation sites (tertiary alicyclic amines) is 1. The van der Waals surface area contributed by atoms with Crippen molar-refractivity contribution >= 4 is 5.91 Å². The van der Waals surface area contributed by atoms with E-state index >= 15 is 0 Å². The van der Waals surface area contributed by atoms with Crippen LogP contribution in [0.2, 0.25) is 0 Å². The van der Waals surface area contributed by atoms with Crippen LogP contribution in [-0.2, 0) is 4.79 Å². The van der Waals surface area contributed by atoms with E-state index in [9.17, 15) is 4.79 Å². The van der Waals surface area contributed by atoms with Gasteiger partial charge in [-0.1, -0.05) is 12.1 Å². The molecule has 0 aliphatic carbocycles. The number of hydrogen-bond acceptors (Lipinski definition) is 4. The summed E-state index contributed by atoms with van der Waals surface area (Å²) in [5, 5.41) is 13.5. The van der Waals surface area contributed by atoms with Crippen LogP contribution in [0, 0.1) is 18.3 Å². The number of amides is 1. The molecule has 1 unspecified atom stereocenters. The van der Waals surface area contributed by atoms with Crippen LogP contribution in [0.3, 0.4) is 0 Å². The molecule has 0 bridgehead atoms. The second-order valence-electron chi connectivity index (χ2n) is 6.42. The Morgan fingerprint density at radius 3 is 2.72 bits per heavy atom. The molecular weight excluding hydrogens is 316 g/mol. The highest BCUT2D eigenvalue weighted by Crippen LogP contribution is 2.24. The zero-order valence-corrected chi connectivity index (χ0v) is 14.6. The molecule has 0 spiro atoms. The SMILES string of the molecule is Cc1cnn(C2CCN(C(=O)C(C)Oc3ccccc3C#N)CC2)c1. The van der Waals surface area contributed by atoms with Crippen molar-refractivity contribution in [3.8, 4) is 11.8 Å². The maximum atomic E-state index is 12.6. The highest BCUT2D eigenvalue weighted by Gasteiger charge is 2.28. The van der Waals surface area contributed by atoms with Crippen molar-refractivity contribution in [1.29, 1.82) is 5.26 Å². The predicted molar refractivity (Wildman–Crippen MR) is 93.1 cm³/mol. The Morgan fingerprint density at radius 1 is 1.36 bits per heavy atom. The molecule has 3 rings (SSSR count). The lowest BCUT2D eigenvalue weighted by molar-refractivity contribution is -0.139. The first-order chi connectivity index (χ1) is 12.1. The maximum Gasteiger partial charge on any atom is 0.263 e. The van der Waals surface area contributed by atoms with Crippen LogP contribution in [0.15, 0.2) is 36.7 Å². The number of benzene rings is 1. The van der Waals surface area contributed by atoms with Gasteiger partial charge in [0.1, 0.15) is 11.8 Å². The molecule has 1 aliphatic heterocycles. The summed E-state index contributed by atoms with van der Waals surface area (Å²) in [6.45, 7) is 5.14. The van der Waals surface area contributed by atoms with Gasteiger partial charge in [-0.25, -0.2) is 0 Å². The number of hydrogen-bond donors (Lipinski definition) is 0. The standard InChI is InChI=1S/C19H22N4O2/c1-14-12-21-23(13-14)17-7-9-22(10-8-17)19(24)15(2)25-18-6-4-3-5-16(18)11-20/h3-6,12-13,15,17H,7-10H2,1-2H3. The fourth-order valence-corrected chi connectivity index (χ4v) is 3.14. The number of para-hydroxylation sites is 1. The average molecular weight is 338 g/mol. The number of aromatic nitrogens is 2. The molecule has 0 saturated carbocycles. The lowest BCUT2D eigenvalue weighted by atomic mass is 10.0.